The molecule has 0 amide bonds. The van der Waals surface area contributed by atoms with E-state index in [1.165, 1.54) is 26.3 Å². The summed E-state index contributed by atoms with van der Waals surface area (Å²) in [4.78, 5) is 6.75. The molecule has 0 radical (unpaired) electrons. The van der Waals surface area contributed by atoms with Gasteiger partial charge in [0, 0.05) is 25.5 Å². The Hall–Kier alpha value is -1.28. The topological polar surface area (TPSA) is 75.3 Å². The number of nitrogens with one attached hydrogen (secondary N) is 1. The third-order valence-corrected chi connectivity index (χ3v) is 5.39. The summed E-state index contributed by atoms with van der Waals surface area (Å²) >= 11 is 12.0. The van der Waals surface area contributed by atoms with Crippen molar-refractivity contribution in [3.05, 3.63) is 40.4 Å². The number of aromatic nitrogens is 2. The summed E-state index contributed by atoms with van der Waals surface area (Å²) in [5, 5.41) is 0.217. The quantitative estimate of drug-likeness (QED) is 0.899. The Kier molecular flexibility index (Phi) is 4.77. The number of benzene rings is 1. The van der Waals surface area contributed by atoms with Crippen molar-refractivity contribution in [1.82, 2.24) is 14.3 Å². The minimum Gasteiger partial charge on any atom is -0.495 e. The van der Waals surface area contributed by atoms with Gasteiger partial charge in [-0.25, -0.2) is 13.4 Å². The Labute approximate surface area is 132 Å². The van der Waals surface area contributed by atoms with Gasteiger partial charge in [0.15, 0.2) is 0 Å². The molecule has 9 heteroatoms. The van der Waals surface area contributed by atoms with Crippen LogP contribution >= 0.6 is 23.2 Å². The van der Waals surface area contributed by atoms with E-state index in [-0.39, 0.29) is 21.5 Å². The van der Waals surface area contributed by atoms with Crippen LogP contribution in [0.3, 0.4) is 0 Å². The highest BCUT2D eigenvalue weighted by Crippen LogP contribution is 2.34. The van der Waals surface area contributed by atoms with Crippen molar-refractivity contribution in [3.63, 3.8) is 0 Å². The number of hydrogen-bond acceptors (Lipinski definition) is 4. The van der Waals surface area contributed by atoms with Crippen LogP contribution in [0.1, 0.15) is 5.82 Å². The fourth-order valence-electron chi connectivity index (χ4n) is 1.71. The fourth-order valence-corrected chi connectivity index (χ4v) is 3.66. The molecule has 6 nitrogen and oxygen atoms in total. The molecule has 0 aliphatic heterocycles. The summed E-state index contributed by atoms with van der Waals surface area (Å²) in [7, 11) is -0.930. The number of sulfonamides is 1. The zero-order chi connectivity index (χ0) is 15.6. The summed E-state index contributed by atoms with van der Waals surface area (Å²) in [6.45, 7) is 0.0926. The summed E-state index contributed by atoms with van der Waals surface area (Å²) in [6.07, 6.45) is 3.17. The van der Waals surface area contributed by atoms with Crippen molar-refractivity contribution >= 4 is 33.2 Å². The van der Waals surface area contributed by atoms with Crippen molar-refractivity contribution in [2.75, 3.05) is 14.2 Å². The first-order chi connectivity index (χ1) is 9.86. The molecular weight excluding hydrogens is 337 g/mol. The minimum atomic E-state index is -3.79. The van der Waals surface area contributed by atoms with Crippen LogP contribution < -0.4 is 4.74 Å². The Morgan fingerprint density at radius 3 is 2.62 bits per heavy atom. The monoisotopic (exact) mass is 349 g/mol. The van der Waals surface area contributed by atoms with Gasteiger partial charge in [-0.3, -0.25) is 0 Å². The van der Waals surface area contributed by atoms with Crippen LogP contribution in [0.25, 0.3) is 0 Å². The minimum absolute atomic E-state index is 0.0440. The lowest BCUT2D eigenvalue weighted by Crippen LogP contribution is -2.27. The Morgan fingerprint density at radius 2 is 2.05 bits per heavy atom. The van der Waals surface area contributed by atoms with Gasteiger partial charge >= 0.3 is 0 Å². The van der Waals surface area contributed by atoms with Crippen molar-refractivity contribution in [3.8, 4) is 5.75 Å². The van der Waals surface area contributed by atoms with E-state index in [0.29, 0.717) is 11.6 Å². The molecule has 1 N–H and O–H groups in total. The summed E-state index contributed by atoms with van der Waals surface area (Å²) in [5.74, 6) is 0.839. The maximum absolute atomic E-state index is 12.5. The second-order valence-corrected chi connectivity index (χ2v) is 7.04. The summed E-state index contributed by atoms with van der Waals surface area (Å²) in [6, 6.07) is 2.65. The van der Waals surface area contributed by atoms with Crippen LogP contribution in [0.5, 0.6) is 5.75 Å². The van der Waals surface area contributed by atoms with E-state index in [2.05, 4.69) is 9.97 Å². The second-order valence-electron chi connectivity index (χ2n) is 4.21. The lowest BCUT2D eigenvalue weighted by atomic mass is 10.3. The number of aromatic amines is 1. The van der Waals surface area contributed by atoms with Gasteiger partial charge in [-0.1, -0.05) is 23.2 Å². The third-order valence-electron chi connectivity index (χ3n) is 2.82. The highest BCUT2D eigenvalue weighted by atomic mass is 35.5. The van der Waals surface area contributed by atoms with Crippen molar-refractivity contribution in [2.24, 2.45) is 0 Å². The smallest absolute Gasteiger partial charge is 0.244 e. The van der Waals surface area contributed by atoms with Gasteiger partial charge in [-0.2, -0.15) is 4.31 Å². The molecule has 0 fully saturated rings. The van der Waals surface area contributed by atoms with Crippen LogP contribution in [0.15, 0.2) is 29.4 Å². The first-order valence-corrected chi connectivity index (χ1v) is 8.03. The van der Waals surface area contributed by atoms with Gasteiger partial charge in [0.05, 0.1) is 23.7 Å². The predicted molar refractivity (Wildman–Crippen MR) is 80.3 cm³/mol. The van der Waals surface area contributed by atoms with Gasteiger partial charge in [0.25, 0.3) is 0 Å². The van der Waals surface area contributed by atoms with E-state index in [1.54, 1.807) is 12.4 Å². The number of halogens is 2. The molecule has 1 heterocycles. The lowest BCUT2D eigenvalue weighted by molar-refractivity contribution is 0.414. The van der Waals surface area contributed by atoms with Gasteiger partial charge in [0.2, 0.25) is 10.0 Å². The number of rotatable bonds is 5. The van der Waals surface area contributed by atoms with Crippen LogP contribution in [0, 0.1) is 0 Å². The number of nitrogens with zero attached hydrogens (tertiary/aromatic N) is 2. The summed E-state index contributed by atoms with van der Waals surface area (Å²) < 4.78 is 31.2. The Balaban J connectivity index is 2.37. The van der Waals surface area contributed by atoms with Gasteiger partial charge in [-0.15, -0.1) is 0 Å². The molecule has 0 saturated carbocycles. The van der Waals surface area contributed by atoms with Crippen molar-refractivity contribution < 1.29 is 13.2 Å². The van der Waals surface area contributed by atoms with Crippen molar-refractivity contribution in [2.45, 2.75) is 11.4 Å². The number of hydrogen-bond donors (Lipinski definition) is 1. The molecule has 1 aromatic carbocycles. The van der Waals surface area contributed by atoms with Crippen LogP contribution in [-0.4, -0.2) is 36.8 Å². The van der Waals surface area contributed by atoms with E-state index < -0.39 is 10.0 Å². The molecule has 0 bridgehead atoms. The van der Waals surface area contributed by atoms with Gasteiger partial charge in [0.1, 0.15) is 16.5 Å². The standard InChI is InChI=1S/C12H13Cl2N3O3S/c1-17(7-12-15-3-4-16-12)21(18,19)11-6-8(13)10(20-2)5-9(11)14/h3-6H,7H2,1-2H3,(H,15,16). The highest BCUT2D eigenvalue weighted by molar-refractivity contribution is 7.89. The van der Waals surface area contributed by atoms with Gasteiger partial charge in [-0.05, 0) is 6.07 Å². The molecular formula is C12H13Cl2N3O3S. The average molecular weight is 350 g/mol. The molecule has 0 aliphatic carbocycles. The zero-order valence-electron chi connectivity index (χ0n) is 11.3. The predicted octanol–water partition coefficient (Wildman–Crippen LogP) is 2.55. The molecule has 0 saturated heterocycles. The Morgan fingerprint density at radius 1 is 1.33 bits per heavy atom. The lowest BCUT2D eigenvalue weighted by Gasteiger charge is -2.17. The molecule has 114 valence electrons. The average Bonchev–Trinajstić information content (AvgIpc) is 2.93. The molecule has 2 rings (SSSR count). The van der Waals surface area contributed by atoms with E-state index in [4.69, 9.17) is 27.9 Å². The maximum atomic E-state index is 12.5. The first kappa shape index (κ1) is 16.1. The maximum Gasteiger partial charge on any atom is 0.244 e. The first-order valence-electron chi connectivity index (χ1n) is 5.84. The molecule has 21 heavy (non-hydrogen) atoms. The normalized spacial score (nSPS) is 11.9. The molecule has 0 unspecified atom stereocenters. The van der Waals surface area contributed by atoms with E-state index in [0.717, 1.165) is 4.31 Å². The van der Waals surface area contributed by atoms with Crippen LogP contribution in [0.4, 0.5) is 0 Å². The number of methoxy groups -OCH3 is 1. The van der Waals surface area contributed by atoms with E-state index in [1.807, 2.05) is 0 Å². The molecule has 0 spiro atoms. The zero-order valence-corrected chi connectivity index (χ0v) is 13.6. The SMILES string of the molecule is COc1cc(Cl)c(S(=O)(=O)N(C)Cc2ncc[nH]2)cc1Cl. The number of imidazole rings is 1. The fraction of sp³-hybridized carbons (Fsp3) is 0.250. The molecule has 1 aromatic heterocycles. The van der Waals surface area contributed by atoms with E-state index >= 15 is 0 Å². The largest absolute Gasteiger partial charge is 0.495 e. The van der Waals surface area contributed by atoms with Crippen LogP contribution in [0.2, 0.25) is 10.0 Å². The van der Waals surface area contributed by atoms with Crippen molar-refractivity contribution in [1.29, 1.82) is 0 Å². The molecule has 2 aromatic rings. The van der Waals surface area contributed by atoms with E-state index in [9.17, 15) is 8.42 Å². The van der Waals surface area contributed by atoms with Gasteiger partial charge < -0.3 is 9.72 Å². The summed E-state index contributed by atoms with van der Waals surface area (Å²) in [5.41, 5.74) is 0. The van der Waals surface area contributed by atoms with Crippen LogP contribution in [-0.2, 0) is 16.6 Å². The Bertz CT molecular complexity index is 732. The molecule has 0 aliphatic rings. The second kappa shape index (κ2) is 6.23. The number of ether oxygens (including phenoxy) is 1. The third kappa shape index (κ3) is 3.32. The highest BCUT2D eigenvalue weighted by Gasteiger charge is 2.26. The molecule has 0 atom stereocenters. The number of H-pyrrole nitrogens is 1.